The summed E-state index contributed by atoms with van der Waals surface area (Å²) in [7, 11) is 0. The molecule has 0 aliphatic carbocycles. The zero-order chi connectivity index (χ0) is 26.6. The molecule has 2 aliphatic heterocycles. The number of nitrogens with zero attached hydrogens (tertiary/aromatic N) is 2. The van der Waals surface area contributed by atoms with Crippen LogP contribution in [0, 0.1) is 0 Å². The van der Waals surface area contributed by atoms with Crippen LogP contribution in [0.4, 0.5) is 5.69 Å². The SMILES string of the molecule is CC(C)(CCc1ccccc1)OC(=O)C(c1ccccc1)N1CN(c2ccccc2)C2(CCNCC2)C1=O. The smallest absolute Gasteiger partial charge is 0.334 e. The molecule has 198 valence electrons. The minimum Gasteiger partial charge on any atom is -0.458 e. The molecule has 5 rings (SSSR count). The number of amides is 1. The third-order valence-electron chi connectivity index (χ3n) is 7.85. The first-order valence-corrected chi connectivity index (χ1v) is 13.6. The first-order chi connectivity index (χ1) is 18.4. The number of hydrogen-bond acceptors (Lipinski definition) is 5. The van der Waals surface area contributed by atoms with E-state index in [1.807, 2.05) is 92.7 Å². The van der Waals surface area contributed by atoms with Crippen molar-refractivity contribution in [1.82, 2.24) is 10.2 Å². The van der Waals surface area contributed by atoms with Crippen LogP contribution in [0.25, 0.3) is 0 Å². The fourth-order valence-corrected chi connectivity index (χ4v) is 5.74. The van der Waals surface area contributed by atoms with Crippen LogP contribution in [0.1, 0.15) is 50.3 Å². The van der Waals surface area contributed by atoms with Crippen molar-refractivity contribution in [2.45, 2.75) is 56.7 Å². The Bertz CT molecular complexity index is 1220. The van der Waals surface area contributed by atoms with E-state index in [1.165, 1.54) is 5.56 Å². The van der Waals surface area contributed by atoms with Crippen LogP contribution in [0.15, 0.2) is 91.0 Å². The van der Waals surface area contributed by atoms with Crippen LogP contribution in [0.3, 0.4) is 0 Å². The number of ether oxygens (including phenoxy) is 1. The summed E-state index contributed by atoms with van der Waals surface area (Å²) in [5, 5.41) is 3.40. The number of piperidine rings is 1. The number of hydrogen-bond donors (Lipinski definition) is 1. The van der Waals surface area contributed by atoms with E-state index >= 15 is 0 Å². The third-order valence-corrected chi connectivity index (χ3v) is 7.85. The van der Waals surface area contributed by atoms with Crippen molar-refractivity contribution in [3.05, 3.63) is 102 Å². The Balaban J connectivity index is 1.44. The van der Waals surface area contributed by atoms with E-state index in [4.69, 9.17) is 4.74 Å². The largest absolute Gasteiger partial charge is 0.458 e. The summed E-state index contributed by atoms with van der Waals surface area (Å²) in [6.07, 6.45) is 2.87. The van der Waals surface area contributed by atoms with Gasteiger partial charge < -0.3 is 19.9 Å². The highest BCUT2D eigenvalue weighted by Crippen LogP contribution is 2.42. The Morgan fingerprint density at radius 1 is 0.921 bits per heavy atom. The number of benzene rings is 3. The summed E-state index contributed by atoms with van der Waals surface area (Å²) in [5.41, 5.74) is 1.60. The van der Waals surface area contributed by atoms with E-state index in [1.54, 1.807) is 4.90 Å². The van der Waals surface area contributed by atoms with Crippen molar-refractivity contribution in [2.75, 3.05) is 24.7 Å². The van der Waals surface area contributed by atoms with Gasteiger partial charge in [0.25, 0.3) is 5.91 Å². The lowest BCUT2D eigenvalue weighted by molar-refractivity contribution is -0.166. The lowest BCUT2D eigenvalue weighted by Crippen LogP contribution is -2.56. The predicted octanol–water partition coefficient (Wildman–Crippen LogP) is 5.11. The second kappa shape index (κ2) is 11.0. The lowest BCUT2D eigenvalue weighted by Gasteiger charge is -2.40. The Morgan fingerprint density at radius 3 is 2.13 bits per heavy atom. The number of rotatable bonds is 8. The summed E-state index contributed by atoms with van der Waals surface area (Å²) in [5.74, 6) is -0.391. The molecule has 6 nitrogen and oxygen atoms in total. The molecule has 3 aromatic carbocycles. The number of carbonyl (C=O) groups excluding carboxylic acids is 2. The molecule has 2 fully saturated rings. The van der Waals surface area contributed by atoms with Crippen LogP contribution in [0.2, 0.25) is 0 Å². The van der Waals surface area contributed by atoms with Gasteiger partial charge in [-0.15, -0.1) is 0 Å². The van der Waals surface area contributed by atoms with Gasteiger partial charge in [-0.25, -0.2) is 4.79 Å². The quantitative estimate of drug-likeness (QED) is 0.426. The highest BCUT2D eigenvalue weighted by molar-refractivity contribution is 5.97. The number of nitrogens with one attached hydrogen (secondary N) is 1. The Labute approximate surface area is 225 Å². The van der Waals surface area contributed by atoms with Crippen LogP contribution in [-0.4, -0.2) is 47.7 Å². The van der Waals surface area contributed by atoms with Gasteiger partial charge >= 0.3 is 5.97 Å². The second-order valence-electron chi connectivity index (χ2n) is 10.9. The van der Waals surface area contributed by atoms with Crippen LogP contribution < -0.4 is 10.2 Å². The van der Waals surface area contributed by atoms with Crippen molar-refractivity contribution in [3.63, 3.8) is 0 Å². The summed E-state index contributed by atoms with van der Waals surface area (Å²) in [6.45, 7) is 5.76. The van der Waals surface area contributed by atoms with Crippen molar-refractivity contribution in [3.8, 4) is 0 Å². The van der Waals surface area contributed by atoms with Gasteiger partial charge in [0.1, 0.15) is 11.1 Å². The van der Waals surface area contributed by atoms with Gasteiger partial charge in [-0.2, -0.15) is 0 Å². The van der Waals surface area contributed by atoms with E-state index in [-0.39, 0.29) is 11.9 Å². The zero-order valence-electron chi connectivity index (χ0n) is 22.3. The zero-order valence-corrected chi connectivity index (χ0v) is 22.3. The summed E-state index contributed by atoms with van der Waals surface area (Å²) in [6, 6.07) is 29.0. The van der Waals surface area contributed by atoms with Gasteiger partial charge in [0.05, 0.1) is 6.67 Å². The highest BCUT2D eigenvalue weighted by Gasteiger charge is 2.55. The van der Waals surface area contributed by atoms with Crippen molar-refractivity contribution >= 4 is 17.6 Å². The molecule has 1 spiro atoms. The Hall–Kier alpha value is -3.64. The molecule has 0 bridgehead atoms. The van der Waals surface area contributed by atoms with Gasteiger partial charge in [-0.1, -0.05) is 78.9 Å². The molecule has 1 unspecified atom stereocenters. The van der Waals surface area contributed by atoms with Crippen LogP contribution in [-0.2, 0) is 20.7 Å². The summed E-state index contributed by atoms with van der Waals surface area (Å²) < 4.78 is 6.19. The van der Waals surface area contributed by atoms with Crippen LogP contribution in [0.5, 0.6) is 0 Å². The first-order valence-electron chi connectivity index (χ1n) is 13.6. The van der Waals surface area contributed by atoms with Gasteiger partial charge in [0.15, 0.2) is 6.04 Å². The average Bonchev–Trinajstić information content (AvgIpc) is 3.20. The maximum Gasteiger partial charge on any atom is 0.334 e. The molecule has 1 atom stereocenters. The predicted molar refractivity (Wildman–Crippen MR) is 150 cm³/mol. The fourth-order valence-electron chi connectivity index (χ4n) is 5.74. The molecule has 1 amide bonds. The molecule has 38 heavy (non-hydrogen) atoms. The fraction of sp³-hybridized carbons (Fsp3) is 0.375. The van der Waals surface area contributed by atoms with Gasteiger partial charge in [0, 0.05) is 5.69 Å². The monoisotopic (exact) mass is 511 g/mol. The maximum absolute atomic E-state index is 14.3. The van der Waals surface area contributed by atoms with E-state index in [9.17, 15) is 9.59 Å². The number of esters is 1. The first kappa shape index (κ1) is 26.0. The van der Waals surface area contributed by atoms with E-state index in [0.717, 1.165) is 30.8 Å². The molecule has 0 saturated carbocycles. The molecule has 3 aromatic rings. The van der Waals surface area contributed by atoms with Gasteiger partial charge in [-0.3, -0.25) is 4.79 Å². The van der Waals surface area contributed by atoms with E-state index < -0.39 is 17.2 Å². The minimum absolute atomic E-state index is 0.00394. The van der Waals surface area contributed by atoms with Gasteiger partial charge in [0.2, 0.25) is 0 Å². The Kier molecular flexibility index (Phi) is 7.52. The molecule has 2 heterocycles. The van der Waals surface area contributed by atoms with Crippen LogP contribution >= 0.6 is 0 Å². The number of para-hydroxylation sites is 1. The van der Waals surface area contributed by atoms with Crippen molar-refractivity contribution < 1.29 is 14.3 Å². The average molecular weight is 512 g/mol. The molecule has 2 aliphatic rings. The van der Waals surface area contributed by atoms with E-state index in [2.05, 4.69) is 22.3 Å². The summed E-state index contributed by atoms with van der Waals surface area (Å²) in [4.78, 5) is 32.2. The van der Waals surface area contributed by atoms with Crippen molar-refractivity contribution in [2.24, 2.45) is 0 Å². The number of carbonyl (C=O) groups is 2. The molecular weight excluding hydrogens is 474 g/mol. The van der Waals surface area contributed by atoms with Gasteiger partial charge in [-0.05, 0) is 75.9 Å². The number of aryl methyl sites for hydroxylation is 1. The second-order valence-corrected chi connectivity index (χ2v) is 10.9. The summed E-state index contributed by atoms with van der Waals surface area (Å²) >= 11 is 0. The molecular formula is C32H37N3O3. The molecule has 1 N–H and O–H groups in total. The topological polar surface area (TPSA) is 61.9 Å². The van der Waals surface area contributed by atoms with Crippen molar-refractivity contribution in [1.29, 1.82) is 0 Å². The molecule has 2 saturated heterocycles. The maximum atomic E-state index is 14.3. The molecule has 0 aromatic heterocycles. The normalized spacial score (nSPS) is 18.0. The third kappa shape index (κ3) is 5.32. The minimum atomic E-state index is -0.819. The lowest BCUT2D eigenvalue weighted by atomic mass is 9.86. The molecule has 0 radical (unpaired) electrons. The highest BCUT2D eigenvalue weighted by atomic mass is 16.6. The number of anilines is 1. The Morgan fingerprint density at radius 2 is 1.50 bits per heavy atom. The van der Waals surface area contributed by atoms with E-state index in [0.29, 0.717) is 25.9 Å². The molecule has 6 heteroatoms. The standard InChI is InChI=1S/C32H37N3O3/c1-31(2,19-18-25-12-6-3-7-13-25)38-29(36)28(26-14-8-4-9-15-26)34-24-35(27-16-10-5-11-17-27)32(30(34)37)20-22-33-23-21-32/h3-17,28,33H,18-24H2,1-2H3.